The molecule has 1 aliphatic heterocycles. The van der Waals surface area contributed by atoms with Gasteiger partial charge in [0.2, 0.25) is 0 Å². The first-order chi connectivity index (χ1) is 5.27. The monoisotopic (exact) mass is 301 g/mol. The summed E-state index contributed by atoms with van der Waals surface area (Å²) in [5, 5.41) is 1.13. The van der Waals surface area contributed by atoms with Crippen LogP contribution in [0, 0.1) is 0 Å². The predicted octanol–water partition coefficient (Wildman–Crippen LogP) is -1.75. The molecule has 74 valence electrons. The van der Waals surface area contributed by atoms with Gasteiger partial charge in [0.05, 0.1) is 26.8 Å². The van der Waals surface area contributed by atoms with Crippen molar-refractivity contribution in [2.45, 2.75) is 6.42 Å². The first-order valence-corrected chi connectivity index (χ1v) is 5.36. The molecule has 0 bridgehead atoms. The van der Waals surface area contributed by atoms with Crippen LogP contribution in [-0.4, -0.2) is 49.7 Å². The minimum absolute atomic E-state index is 0. The van der Waals surface area contributed by atoms with E-state index in [-0.39, 0.29) is 17.0 Å². The fourth-order valence-electron chi connectivity index (χ4n) is 1.45. The maximum absolute atomic E-state index is 5.32. The molecule has 0 aromatic rings. The quantitative estimate of drug-likeness (QED) is 0.444. The molecule has 12 heavy (non-hydrogen) atoms. The Morgan fingerprint density at radius 2 is 1.92 bits per heavy atom. The summed E-state index contributed by atoms with van der Waals surface area (Å²) in [6, 6.07) is 0. The third kappa shape index (κ3) is 4.21. The Kier molecular flexibility index (Phi) is 6.82. The zero-order valence-electron chi connectivity index (χ0n) is 7.56. The van der Waals surface area contributed by atoms with Gasteiger partial charge in [-0.1, -0.05) is 15.9 Å². The molecule has 1 rings (SSSR count). The number of halogens is 2. The van der Waals surface area contributed by atoms with E-state index in [0.29, 0.717) is 0 Å². The molecule has 0 unspecified atom stereocenters. The van der Waals surface area contributed by atoms with Crippen molar-refractivity contribution in [1.29, 1.82) is 0 Å². The minimum Gasteiger partial charge on any atom is -1.00 e. The van der Waals surface area contributed by atoms with Crippen molar-refractivity contribution in [3.8, 4) is 0 Å². The second-order valence-corrected chi connectivity index (χ2v) is 4.24. The summed E-state index contributed by atoms with van der Waals surface area (Å²) >= 11 is 3.46. The van der Waals surface area contributed by atoms with Crippen LogP contribution in [-0.2, 0) is 4.74 Å². The standard InChI is InChI=1S/C8H17BrNO.BrH/c1-10(4-2-3-9)5-7-11-8-6-10;/h2-8H2,1H3;1H/q+1;/p-1. The lowest BCUT2D eigenvalue weighted by Crippen LogP contribution is -3.00. The fraction of sp³-hybridized carbons (Fsp3) is 1.00. The normalized spacial score (nSPS) is 21.5. The summed E-state index contributed by atoms with van der Waals surface area (Å²) in [6.07, 6.45) is 1.27. The number of nitrogens with zero attached hydrogens (tertiary/aromatic N) is 1. The average molecular weight is 303 g/mol. The summed E-state index contributed by atoms with van der Waals surface area (Å²) in [5.74, 6) is 0. The van der Waals surface area contributed by atoms with Gasteiger partial charge < -0.3 is 26.2 Å². The molecule has 1 heterocycles. The number of hydrogen-bond donors (Lipinski definition) is 0. The van der Waals surface area contributed by atoms with Crippen molar-refractivity contribution in [2.24, 2.45) is 0 Å². The van der Waals surface area contributed by atoms with Gasteiger partial charge in [-0.3, -0.25) is 0 Å². The molecule has 1 saturated heterocycles. The number of rotatable bonds is 3. The van der Waals surface area contributed by atoms with Crippen LogP contribution in [0.2, 0.25) is 0 Å². The molecule has 0 saturated carbocycles. The Balaban J connectivity index is 0.00000121. The zero-order chi connectivity index (χ0) is 8.16. The van der Waals surface area contributed by atoms with Crippen LogP contribution >= 0.6 is 15.9 Å². The Morgan fingerprint density at radius 3 is 2.42 bits per heavy atom. The van der Waals surface area contributed by atoms with Gasteiger partial charge >= 0.3 is 0 Å². The van der Waals surface area contributed by atoms with Crippen LogP contribution in [0.1, 0.15) is 6.42 Å². The highest BCUT2D eigenvalue weighted by Crippen LogP contribution is 2.08. The number of hydrogen-bond acceptors (Lipinski definition) is 1. The smallest absolute Gasteiger partial charge is 0.102 e. The predicted molar refractivity (Wildman–Crippen MR) is 50.0 cm³/mol. The zero-order valence-corrected chi connectivity index (χ0v) is 10.7. The molecule has 0 amide bonds. The molecule has 2 nitrogen and oxygen atoms in total. The molecule has 0 radical (unpaired) electrons. The van der Waals surface area contributed by atoms with Gasteiger partial charge in [-0.25, -0.2) is 0 Å². The third-order valence-electron chi connectivity index (χ3n) is 2.38. The highest BCUT2D eigenvalue weighted by atomic mass is 79.9. The lowest BCUT2D eigenvalue weighted by atomic mass is 10.3. The lowest BCUT2D eigenvalue weighted by Gasteiger charge is -2.37. The van der Waals surface area contributed by atoms with E-state index in [1.165, 1.54) is 30.5 Å². The molecule has 1 fully saturated rings. The summed E-state index contributed by atoms with van der Waals surface area (Å²) < 4.78 is 6.52. The van der Waals surface area contributed by atoms with Crippen molar-refractivity contribution in [3.05, 3.63) is 0 Å². The number of morpholine rings is 1. The van der Waals surface area contributed by atoms with Gasteiger partial charge in [0.1, 0.15) is 13.1 Å². The van der Waals surface area contributed by atoms with E-state index in [4.69, 9.17) is 4.74 Å². The Hall–Kier alpha value is 0.880. The molecule has 0 aliphatic carbocycles. The largest absolute Gasteiger partial charge is 1.00 e. The third-order valence-corrected chi connectivity index (χ3v) is 2.94. The molecule has 0 aromatic heterocycles. The lowest BCUT2D eigenvalue weighted by molar-refractivity contribution is -0.916. The van der Waals surface area contributed by atoms with E-state index in [1.807, 2.05) is 0 Å². The second-order valence-electron chi connectivity index (χ2n) is 3.45. The highest BCUT2D eigenvalue weighted by molar-refractivity contribution is 9.09. The number of likely N-dealkylation sites (N-methyl/N-ethyl adjacent to an activating group) is 1. The maximum Gasteiger partial charge on any atom is 0.102 e. The molecule has 1 aliphatic rings. The van der Waals surface area contributed by atoms with Gasteiger partial charge in [-0.2, -0.15) is 0 Å². The molecular weight excluding hydrogens is 286 g/mol. The Labute approximate surface area is 93.8 Å². The summed E-state index contributed by atoms with van der Waals surface area (Å²) in [6.45, 7) is 5.55. The first kappa shape index (κ1) is 12.9. The van der Waals surface area contributed by atoms with E-state index < -0.39 is 0 Å². The van der Waals surface area contributed by atoms with Crippen molar-refractivity contribution in [3.63, 3.8) is 0 Å². The van der Waals surface area contributed by atoms with Crippen LogP contribution < -0.4 is 17.0 Å². The fourth-order valence-corrected chi connectivity index (χ4v) is 1.70. The number of ether oxygens (including phenoxy) is 1. The maximum atomic E-state index is 5.32. The summed E-state index contributed by atoms with van der Waals surface area (Å²) in [4.78, 5) is 0. The van der Waals surface area contributed by atoms with Gasteiger partial charge in [-0.05, 0) is 0 Å². The van der Waals surface area contributed by atoms with Crippen molar-refractivity contribution >= 4 is 15.9 Å². The molecule has 0 aromatic carbocycles. The van der Waals surface area contributed by atoms with Crippen LogP contribution in [0.3, 0.4) is 0 Å². The van der Waals surface area contributed by atoms with E-state index in [0.717, 1.165) is 18.5 Å². The average Bonchev–Trinajstić information content (AvgIpc) is 2.03. The van der Waals surface area contributed by atoms with E-state index in [1.54, 1.807) is 0 Å². The van der Waals surface area contributed by atoms with Crippen LogP contribution in [0.4, 0.5) is 0 Å². The van der Waals surface area contributed by atoms with Crippen molar-refractivity contribution < 1.29 is 26.2 Å². The minimum atomic E-state index is 0. The van der Waals surface area contributed by atoms with Gasteiger partial charge in [-0.15, -0.1) is 0 Å². The highest BCUT2D eigenvalue weighted by Gasteiger charge is 2.23. The van der Waals surface area contributed by atoms with Crippen LogP contribution in [0.15, 0.2) is 0 Å². The van der Waals surface area contributed by atoms with Crippen LogP contribution in [0.5, 0.6) is 0 Å². The second kappa shape index (κ2) is 6.35. The van der Waals surface area contributed by atoms with Crippen LogP contribution in [0.25, 0.3) is 0 Å². The van der Waals surface area contributed by atoms with Gasteiger partial charge in [0.25, 0.3) is 0 Å². The van der Waals surface area contributed by atoms with E-state index >= 15 is 0 Å². The van der Waals surface area contributed by atoms with Gasteiger partial charge in [0.15, 0.2) is 0 Å². The molecule has 0 atom stereocenters. The topological polar surface area (TPSA) is 9.23 Å². The molecular formula is C8H17Br2NO. The summed E-state index contributed by atoms with van der Waals surface area (Å²) in [5.41, 5.74) is 0. The van der Waals surface area contributed by atoms with Gasteiger partial charge in [0, 0.05) is 11.8 Å². The van der Waals surface area contributed by atoms with Crippen molar-refractivity contribution in [1.82, 2.24) is 0 Å². The molecule has 0 spiro atoms. The van der Waals surface area contributed by atoms with E-state index in [9.17, 15) is 0 Å². The number of quaternary nitrogens is 1. The summed E-state index contributed by atoms with van der Waals surface area (Å²) in [7, 11) is 2.32. The Bertz CT molecular complexity index is 116. The first-order valence-electron chi connectivity index (χ1n) is 4.24. The Morgan fingerprint density at radius 1 is 1.33 bits per heavy atom. The molecule has 4 heteroatoms. The SMILES string of the molecule is C[N+]1(CCCBr)CCOCC1.[Br-]. The van der Waals surface area contributed by atoms with E-state index in [2.05, 4.69) is 23.0 Å². The molecule has 0 N–H and O–H groups in total. The van der Waals surface area contributed by atoms with Crippen molar-refractivity contribution in [2.75, 3.05) is 45.2 Å². The number of alkyl halides is 1.